The van der Waals surface area contributed by atoms with Gasteiger partial charge in [-0.3, -0.25) is 0 Å². The summed E-state index contributed by atoms with van der Waals surface area (Å²) in [6, 6.07) is 8.41. The van der Waals surface area contributed by atoms with E-state index in [2.05, 4.69) is 31.2 Å². The Balaban J connectivity index is 2.78. The zero-order valence-electron chi connectivity index (χ0n) is 8.29. The molecule has 1 rings (SSSR count). The maximum atomic E-state index is 5.56. The molecule has 2 nitrogen and oxygen atoms in total. The molecule has 72 valence electrons. The van der Waals surface area contributed by atoms with Crippen LogP contribution >= 0.6 is 0 Å². The van der Waals surface area contributed by atoms with Gasteiger partial charge in [0.2, 0.25) is 0 Å². The number of aryl methyl sites for hydroxylation is 1. The standard InChI is InChI=1S/C11H17NO/c1-3-9-4-6-10(7-5-9)11(8-12)13-2/h4-7,11H,3,8,12H2,1-2H3. The normalized spacial score (nSPS) is 12.8. The highest BCUT2D eigenvalue weighted by molar-refractivity contribution is 5.24. The van der Waals surface area contributed by atoms with Gasteiger partial charge in [0.05, 0.1) is 6.10 Å². The lowest BCUT2D eigenvalue weighted by Crippen LogP contribution is -2.13. The lowest BCUT2D eigenvalue weighted by Gasteiger charge is -2.13. The molecule has 2 heteroatoms. The van der Waals surface area contributed by atoms with Gasteiger partial charge < -0.3 is 10.5 Å². The van der Waals surface area contributed by atoms with E-state index in [9.17, 15) is 0 Å². The quantitative estimate of drug-likeness (QED) is 0.766. The second kappa shape index (κ2) is 5.00. The molecule has 13 heavy (non-hydrogen) atoms. The molecule has 0 saturated heterocycles. The zero-order valence-corrected chi connectivity index (χ0v) is 8.29. The topological polar surface area (TPSA) is 35.2 Å². The van der Waals surface area contributed by atoms with Gasteiger partial charge in [-0.25, -0.2) is 0 Å². The summed E-state index contributed by atoms with van der Waals surface area (Å²) in [7, 11) is 1.69. The molecule has 0 aliphatic rings. The van der Waals surface area contributed by atoms with Crippen molar-refractivity contribution < 1.29 is 4.74 Å². The third kappa shape index (κ3) is 2.54. The van der Waals surface area contributed by atoms with Gasteiger partial charge in [0.25, 0.3) is 0 Å². The third-order valence-corrected chi connectivity index (χ3v) is 2.26. The summed E-state index contributed by atoms with van der Waals surface area (Å²) in [6.45, 7) is 2.67. The molecule has 1 aromatic rings. The van der Waals surface area contributed by atoms with Crippen LogP contribution in [0, 0.1) is 0 Å². The molecule has 1 atom stereocenters. The van der Waals surface area contributed by atoms with Crippen LogP contribution in [0.15, 0.2) is 24.3 Å². The fourth-order valence-corrected chi connectivity index (χ4v) is 1.34. The summed E-state index contributed by atoms with van der Waals surface area (Å²) in [5.41, 5.74) is 8.06. The summed E-state index contributed by atoms with van der Waals surface area (Å²) in [6.07, 6.45) is 1.10. The Morgan fingerprint density at radius 3 is 2.31 bits per heavy atom. The highest BCUT2D eigenvalue weighted by atomic mass is 16.5. The number of nitrogens with two attached hydrogens (primary N) is 1. The molecule has 0 fully saturated rings. The van der Waals surface area contributed by atoms with Crippen LogP contribution in [0.5, 0.6) is 0 Å². The van der Waals surface area contributed by atoms with Gasteiger partial charge in [0.1, 0.15) is 0 Å². The van der Waals surface area contributed by atoms with Crippen LogP contribution in [0.2, 0.25) is 0 Å². The lowest BCUT2D eigenvalue weighted by molar-refractivity contribution is 0.110. The van der Waals surface area contributed by atoms with Crippen molar-refractivity contribution in [2.24, 2.45) is 5.73 Å². The van der Waals surface area contributed by atoms with Crippen molar-refractivity contribution in [1.29, 1.82) is 0 Å². The summed E-state index contributed by atoms with van der Waals surface area (Å²) >= 11 is 0. The van der Waals surface area contributed by atoms with E-state index in [1.165, 1.54) is 5.56 Å². The van der Waals surface area contributed by atoms with Crippen molar-refractivity contribution in [3.63, 3.8) is 0 Å². The van der Waals surface area contributed by atoms with E-state index >= 15 is 0 Å². The highest BCUT2D eigenvalue weighted by Gasteiger charge is 2.06. The molecule has 0 heterocycles. The Labute approximate surface area is 79.7 Å². The average molecular weight is 179 g/mol. The van der Waals surface area contributed by atoms with E-state index in [1.807, 2.05) is 0 Å². The molecular formula is C11H17NO. The van der Waals surface area contributed by atoms with Gasteiger partial charge >= 0.3 is 0 Å². The Hall–Kier alpha value is -0.860. The second-order valence-corrected chi connectivity index (χ2v) is 3.06. The van der Waals surface area contributed by atoms with Crippen molar-refractivity contribution in [1.82, 2.24) is 0 Å². The van der Waals surface area contributed by atoms with Crippen LogP contribution in [-0.4, -0.2) is 13.7 Å². The first-order chi connectivity index (χ1) is 6.31. The minimum atomic E-state index is 0.0332. The molecule has 0 amide bonds. The number of ether oxygens (including phenoxy) is 1. The fraction of sp³-hybridized carbons (Fsp3) is 0.455. The molecule has 0 aliphatic heterocycles. The van der Waals surface area contributed by atoms with Crippen LogP contribution in [0.3, 0.4) is 0 Å². The molecule has 0 radical (unpaired) electrons. The molecule has 0 bridgehead atoms. The van der Waals surface area contributed by atoms with E-state index in [0.29, 0.717) is 6.54 Å². The van der Waals surface area contributed by atoms with Crippen molar-refractivity contribution in [2.75, 3.05) is 13.7 Å². The Morgan fingerprint density at radius 1 is 1.31 bits per heavy atom. The highest BCUT2D eigenvalue weighted by Crippen LogP contribution is 2.15. The molecule has 1 aromatic carbocycles. The molecular weight excluding hydrogens is 162 g/mol. The first-order valence-electron chi connectivity index (χ1n) is 4.63. The van der Waals surface area contributed by atoms with Crippen LogP contribution in [0.4, 0.5) is 0 Å². The van der Waals surface area contributed by atoms with E-state index in [0.717, 1.165) is 12.0 Å². The minimum absolute atomic E-state index is 0.0332. The number of methoxy groups -OCH3 is 1. The summed E-state index contributed by atoms with van der Waals surface area (Å²) in [5, 5.41) is 0. The van der Waals surface area contributed by atoms with Gasteiger partial charge in [-0.15, -0.1) is 0 Å². The van der Waals surface area contributed by atoms with Crippen LogP contribution in [0.1, 0.15) is 24.2 Å². The van der Waals surface area contributed by atoms with E-state index in [1.54, 1.807) is 7.11 Å². The Morgan fingerprint density at radius 2 is 1.92 bits per heavy atom. The van der Waals surface area contributed by atoms with E-state index in [-0.39, 0.29) is 6.10 Å². The van der Waals surface area contributed by atoms with Gasteiger partial charge in [0.15, 0.2) is 0 Å². The van der Waals surface area contributed by atoms with E-state index < -0.39 is 0 Å². The maximum absolute atomic E-state index is 5.56. The first kappa shape index (κ1) is 10.2. The zero-order chi connectivity index (χ0) is 9.68. The second-order valence-electron chi connectivity index (χ2n) is 3.06. The van der Waals surface area contributed by atoms with Crippen LogP contribution in [-0.2, 0) is 11.2 Å². The van der Waals surface area contributed by atoms with Gasteiger partial charge in [0, 0.05) is 13.7 Å². The van der Waals surface area contributed by atoms with Gasteiger partial charge in [-0.05, 0) is 17.5 Å². The van der Waals surface area contributed by atoms with E-state index in [4.69, 9.17) is 10.5 Å². The smallest absolute Gasteiger partial charge is 0.0943 e. The minimum Gasteiger partial charge on any atom is -0.375 e. The monoisotopic (exact) mass is 179 g/mol. The maximum Gasteiger partial charge on any atom is 0.0943 e. The average Bonchev–Trinajstić information content (AvgIpc) is 2.21. The van der Waals surface area contributed by atoms with Crippen molar-refractivity contribution >= 4 is 0 Å². The Kier molecular flexibility index (Phi) is 3.93. The van der Waals surface area contributed by atoms with Crippen molar-refractivity contribution in [3.05, 3.63) is 35.4 Å². The molecule has 0 saturated carbocycles. The van der Waals surface area contributed by atoms with Crippen molar-refractivity contribution in [2.45, 2.75) is 19.4 Å². The fourth-order valence-electron chi connectivity index (χ4n) is 1.34. The lowest BCUT2D eigenvalue weighted by atomic mass is 10.1. The molecule has 0 aromatic heterocycles. The van der Waals surface area contributed by atoms with Gasteiger partial charge in [-0.2, -0.15) is 0 Å². The number of hydrogen-bond donors (Lipinski definition) is 1. The predicted molar refractivity (Wildman–Crippen MR) is 54.6 cm³/mol. The molecule has 1 unspecified atom stereocenters. The Bertz CT molecular complexity index is 239. The van der Waals surface area contributed by atoms with Crippen molar-refractivity contribution in [3.8, 4) is 0 Å². The van der Waals surface area contributed by atoms with Crippen LogP contribution < -0.4 is 5.73 Å². The summed E-state index contributed by atoms with van der Waals surface area (Å²) < 4.78 is 5.23. The molecule has 2 N–H and O–H groups in total. The SMILES string of the molecule is CCc1ccc(C(CN)OC)cc1. The van der Waals surface area contributed by atoms with Crippen LogP contribution in [0.25, 0.3) is 0 Å². The third-order valence-electron chi connectivity index (χ3n) is 2.26. The summed E-state index contributed by atoms with van der Waals surface area (Å²) in [4.78, 5) is 0. The number of rotatable bonds is 4. The number of hydrogen-bond acceptors (Lipinski definition) is 2. The first-order valence-corrected chi connectivity index (χ1v) is 4.63. The molecule has 0 spiro atoms. The van der Waals surface area contributed by atoms with Gasteiger partial charge in [-0.1, -0.05) is 31.2 Å². The number of benzene rings is 1. The summed E-state index contributed by atoms with van der Waals surface area (Å²) in [5.74, 6) is 0. The largest absolute Gasteiger partial charge is 0.375 e. The predicted octanol–water partition coefficient (Wildman–Crippen LogP) is 1.90. The molecule has 0 aliphatic carbocycles.